The Morgan fingerprint density at radius 3 is 2.29 bits per heavy atom. The number of hydrogen-bond donors (Lipinski definition) is 1. The number of aryl methyl sites for hydroxylation is 2. The number of nitrogens with zero attached hydrogens (tertiary/aromatic N) is 2. The summed E-state index contributed by atoms with van der Waals surface area (Å²) < 4.78 is 28.6. The lowest BCUT2D eigenvalue weighted by atomic mass is 10.1. The van der Waals surface area contributed by atoms with Crippen LogP contribution >= 0.6 is 0 Å². The van der Waals surface area contributed by atoms with E-state index < -0.39 is 15.9 Å². The number of aromatic nitrogens is 2. The van der Waals surface area contributed by atoms with Crippen LogP contribution in [0, 0.1) is 0 Å². The molecule has 0 saturated heterocycles. The van der Waals surface area contributed by atoms with Gasteiger partial charge in [0, 0.05) is 28.4 Å². The van der Waals surface area contributed by atoms with Crippen LogP contribution in [0.2, 0.25) is 0 Å². The average molecular weight is 476 g/mol. The van der Waals surface area contributed by atoms with E-state index in [1.807, 2.05) is 26.0 Å². The molecule has 0 bridgehead atoms. The van der Waals surface area contributed by atoms with Crippen LogP contribution in [0.3, 0.4) is 0 Å². The molecule has 0 fully saturated rings. The summed E-state index contributed by atoms with van der Waals surface area (Å²) in [5.74, 6) is -0.719. The van der Waals surface area contributed by atoms with Crippen molar-refractivity contribution in [2.75, 3.05) is 0 Å². The number of carbonyl (C=O) groups is 1. The van der Waals surface area contributed by atoms with Crippen molar-refractivity contribution in [1.82, 2.24) is 14.3 Å². The molecule has 0 aliphatic carbocycles. The highest BCUT2D eigenvalue weighted by Crippen LogP contribution is 2.20. The average Bonchev–Trinajstić information content (AvgIpc) is 2.85. The molecule has 34 heavy (non-hydrogen) atoms. The molecule has 0 radical (unpaired) electrons. The Labute approximate surface area is 198 Å². The van der Waals surface area contributed by atoms with E-state index in [-0.39, 0.29) is 16.0 Å². The number of rotatable bonds is 7. The first kappa shape index (κ1) is 23.4. The van der Waals surface area contributed by atoms with Crippen molar-refractivity contribution < 1.29 is 13.2 Å². The minimum absolute atomic E-state index is 0.0164. The summed E-state index contributed by atoms with van der Waals surface area (Å²) >= 11 is 0. The quantitative estimate of drug-likeness (QED) is 0.440. The maximum absolute atomic E-state index is 12.7. The van der Waals surface area contributed by atoms with E-state index in [1.165, 1.54) is 12.1 Å². The normalized spacial score (nSPS) is 11.5. The highest BCUT2D eigenvalue weighted by Gasteiger charge is 2.18. The van der Waals surface area contributed by atoms with Crippen LogP contribution in [-0.2, 0) is 29.4 Å². The Hall–Kier alpha value is -3.78. The number of carbonyl (C=O) groups excluding carboxylic acids is 1. The number of nitrogens with one attached hydrogen (secondary N) is 1. The van der Waals surface area contributed by atoms with Gasteiger partial charge in [0.15, 0.2) is 0 Å². The van der Waals surface area contributed by atoms with Gasteiger partial charge in [-0.25, -0.2) is 13.1 Å². The van der Waals surface area contributed by atoms with E-state index in [1.54, 1.807) is 53.1 Å². The first-order valence-corrected chi connectivity index (χ1v) is 12.5. The third-order valence-electron chi connectivity index (χ3n) is 5.65. The van der Waals surface area contributed by atoms with Crippen molar-refractivity contribution in [1.29, 1.82) is 0 Å². The Morgan fingerprint density at radius 1 is 0.941 bits per heavy atom. The van der Waals surface area contributed by atoms with Gasteiger partial charge in [0.25, 0.3) is 21.5 Å². The maximum atomic E-state index is 12.7. The zero-order chi connectivity index (χ0) is 24.3. The predicted molar refractivity (Wildman–Crippen MR) is 131 cm³/mol. The molecule has 7 nitrogen and oxygen atoms in total. The van der Waals surface area contributed by atoms with Gasteiger partial charge >= 0.3 is 0 Å². The molecule has 2 heterocycles. The fraction of sp³-hybridized carbons (Fsp3) is 0.192. The Bertz CT molecular complexity index is 1510. The molecule has 2 aromatic heterocycles. The molecule has 0 aliphatic rings. The molecule has 1 N–H and O–H groups in total. The van der Waals surface area contributed by atoms with Crippen molar-refractivity contribution in [3.05, 3.63) is 106 Å². The minimum atomic E-state index is -3.96. The van der Waals surface area contributed by atoms with E-state index in [4.69, 9.17) is 0 Å². The van der Waals surface area contributed by atoms with Crippen LogP contribution in [0.15, 0.2) is 82.5 Å². The van der Waals surface area contributed by atoms with Crippen molar-refractivity contribution in [3.8, 4) is 0 Å². The monoisotopic (exact) mass is 475 g/mol. The third kappa shape index (κ3) is 4.77. The van der Waals surface area contributed by atoms with E-state index in [9.17, 15) is 18.0 Å². The van der Waals surface area contributed by atoms with Crippen LogP contribution in [0.25, 0.3) is 10.9 Å². The van der Waals surface area contributed by atoms with Gasteiger partial charge in [-0.1, -0.05) is 44.2 Å². The van der Waals surface area contributed by atoms with Crippen LogP contribution in [0.1, 0.15) is 41.2 Å². The molecule has 8 heteroatoms. The van der Waals surface area contributed by atoms with Gasteiger partial charge in [-0.15, -0.1) is 0 Å². The fourth-order valence-corrected chi connectivity index (χ4v) is 4.81. The first-order chi connectivity index (χ1) is 16.3. The molecule has 0 saturated carbocycles. The van der Waals surface area contributed by atoms with E-state index >= 15 is 0 Å². The Balaban J connectivity index is 1.60. The van der Waals surface area contributed by atoms with Gasteiger partial charge < -0.3 is 4.57 Å². The lowest BCUT2D eigenvalue weighted by Gasteiger charge is -2.14. The molecule has 174 valence electrons. The smallest absolute Gasteiger partial charge is 0.264 e. The molecule has 4 aromatic rings. The van der Waals surface area contributed by atoms with Gasteiger partial charge in [-0.3, -0.25) is 14.6 Å². The van der Waals surface area contributed by atoms with Crippen LogP contribution in [0.4, 0.5) is 0 Å². The fourth-order valence-electron chi connectivity index (χ4n) is 3.81. The lowest BCUT2D eigenvalue weighted by molar-refractivity contribution is 0.0981. The molecule has 0 unspecified atom stereocenters. The second-order valence-electron chi connectivity index (χ2n) is 7.90. The number of hydrogen-bond acceptors (Lipinski definition) is 5. The second-order valence-corrected chi connectivity index (χ2v) is 9.58. The van der Waals surface area contributed by atoms with Crippen molar-refractivity contribution in [2.24, 2.45) is 0 Å². The first-order valence-electron chi connectivity index (χ1n) is 11.1. The van der Waals surface area contributed by atoms with Crippen molar-refractivity contribution in [3.63, 3.8) is 0 Å². The molecule has 0 aliphatic heterocycles. The topological polar surface area (TPSA) is 98.1 Å². The minimum Gasteiger partial charge on any atom is -0.304 e. The van der Waals surface area contributed by atoms with Gasteiger partial charge in [0.1, 0.15) is 0 Å². The van der Waals surface area contributed by atoms with E-state index in [2.05, 4.69) is 9.71 Å². The number of sulfonamides is 1. The Morgan fingerprint density at radius 2 is 1.65 bits per heavy atom. The predicted octanol–water partition coefficient (Wildman–Crippen LogP) is 3.69. The number of fused-ring (bicyclic) bond motifs is 1. The highest BCUT2D eigenvalue weighted by atomic mass is 32.2. The van der Waals surface area contributed by atoms with Crippen LogP contribution in [0.5, 0.6) is 0 Å². The summed E-state index contributed by atoms with van der Waals surface area (Å²) in [6.45, 7) is 4.38. The van der Waals surface area contributed by atoms with Gasteiger partial charge in [0.2, 0.25) is 0 Å². The van der Waals surface area contributed by atoms with Crippen molar-refractivity contribution >= 4 is 26.8 Å². The van der Waals surface area contributed by atoms with E-state index in [0.29, 0.717) is 6.54 Å². The number of amides is 1. The lowest BCUT2D eigenvalue weighted by Crippen LogP contribution is -2.30. The SMILES string of the molecule is CCc1cc2c(ccc(=O)n2Cc2ccc(C(=O)NS(=O)(=O)c3ccccc3)cc2)c(CC)n1. The zero-order valence-corrected chi connectivity index (χ0v) is 19.8. The summed E-state index contributed by atoms with van der Waals surface area (Å²) in [7, 11) is -3.96. The number of pyridine rings is 2. The highest BCUT2D eigenvalue weighted by molar-refractivity contribution is 7.90. The van der Waals surface area contributed by atoms with Gasteiger partial charge in [-0.2, -0.15) is 0 Å². The van der Waals surface area contributed by atoms with Gasteiger partial charge in [0.05, 0.1) is 17.0 Å². The Kier molecular flexibility index (Phi) is 6.61. The molecule has 2 aromatic carbocycles. The number of benzene rings is 2. The summed E-state index contributed by atoms with van der Waals surface area (Å²) in [5, 5.41) is 0.946. The standard InChI is InChI=1S/C26H25N3O4S/c1-3-20-16-24-22(23(4-2)27-20)14-15-25(30)29(24)17-18-10-12-19(13-11-18)26(31)28-34(32,33)21-8-6-5-7-9-21/h5-16H,3-4,17H2,1-2H3,(H,28,31). The van der Waals surface area contributed by atoms with Gasteiger partial charge in [-0.05, 0) is 54.8 Å². The second kappa shape index (κ2) is 9.61. The van der Waals surface area contributed by atoms with Crippen LogP contribution in [-0.4, -0.2) is 23.9 Å². The summed E-state index contributed by atoms with van der Waals surface area (Å²) in [5.41, 5.74) is 3.60. The molecule has 0 spiro atoms. The molecule has 0 atom stereocenters. The summed E-state index contributed by atoms with van der Waals surface area (Å²) in [6, 6.07) is 19.6. The van der Waals surface area contributed by atoms with Crippen LogP contribution < -0.4 is 10.3 Å². The van der Waals surface area contributed by atoms with Crippen molar-refractivity contribution in [2.45, 2.75) is 38.1 Å². The molecule has 1 amide bonds. The molecular formula is C26H25N3O4S. The largest absolute Gasteiger partial charge is 0.304 e. The maximum Gasteiger partial charge on any atom is 0.264 e. The van der Waals surface area contributed by atoms with E-state index in [0.717, 1.165) is 40.7 Å². The summed E-state index contributed by atoms with van der Waals surface area (Å²) in [6.07, 6.45) is 1.53. The molecular weight excluding hydrogens is 450 g/mol. The summed E-state index contributed by atoms with van der Waals surface area (Å²) in [4.78, 5) is 29.9. The molecule has 4 rings (SSSR count). The third-order valence-corrected chi connectivity index (χ3v) is 7.00. The zero-order valence-electron chi connectivity index (χ0n) is 19.0.